The van der Waals surface area contributed by atoms with Crippen LogP contribution < -0.4 is 5.32 Å². The highest BCUT2D eigenvalue weighted by atomic mass is 79.9. The molecule has 1 amide bonds. The second-order valence-electron chi connectivity index (χ2n) is 6.18. The molecule has 0 spiro atoms. The molecule has 1 atom stereocenters. The molecule has 0 fully saturated rings. The highest BCUT2D eigenvalue weighted by Crippen LogP contribution is 2.23. The summed E-state index contributed by atoms with van der Waals surface area (Å²) in [5, 5.41) is 6.84. The summed E-state index contributed by atoms with van der Waals surface area (Å²) in [5.41, 5.74) is 2.29. The average molecular weight is 414 g/mol. The quantitative estimate of drug-likeness (QED) is 0.659. The van der Waals surface area contributed by atoms with E-state index in [2.05, 4.69) is 43.4 Å². The predicted molar refractivity (Wildman–Crippen MR) is 105 cm³/mol. The molecular formula is C20H20BrN3O2. The van der Waals surface area contributed by atoms with Crippen LogP contribution in [0, 0.1) is 0 Å². The van der Waals surface area contributed by atoms with Crippen LogP contribution in [0.2, 0.25) is 0 Å². The molecular weight excluding hydrogens is 394 g/mol. The molecule has 1 unspecified atom stereocenters. The van der Waals surface area contributed by atoms with E-state index >= 15 is 0 Å². The monoisotopic (exact) mass is 413 g/mol. The van der Waals surface area contributed by atoms with Crippen molar-refractivity contribution in [3.05, 3.63) is 76.4 Å². The van der Waals surface area contributed by atoms with E-state index in [-0.39, 0.29) is 17.6 Å². The van der Waals surface area contributed by atoms with E-state index in [4.69, 9.17) is 4.52 Å². The number of benzene rings is 2. The number of rotatable bonds is 6. The summed E-state index contributed by atoms with van der Waals surface area (Å²) >= 11 is 3.40. The molecule has 26 heavy (non-hydrogen) atoms. The third-order valence-corrected chi connectivity index (χ3v) is 4.66. The van der Waals surface area contributed by atoms with Gasteiger partial charge in [0.05, 0.1) is 6.04 Å². The molecule has 3 rings (SSSR count). The van der Waals surface area contributed by atoms with Crippen LogP contribution in [0.1, 0.15) is 22.1 Å². The fourth-order valence-corrected chi connectivity index (χ4v) is 2.95. The van der Waals surface area contributed by atoms with Crippen LogP contribution in [0.25, 0.3) is 11.3 Å². The van der Waals surface area contributed by atoms with Crippen LogP contribution in [-0.4, -0.2) is 36.6 Å². The largest absolute Gasteiger partial charge is 0.355 e. The summed E-state index contributed by atoms with van der Waals surface area (Å²) < 4.78 is 6.29. The normalized spacial score (nSPS) is 12.2. The van der Waals surface area contributed by atoms with E-state index in [0.29, 0.717) is 12.3 Å². The van der Waals surface area contributed by atoms with Gasteiger partial charge in [0.15, 0.2) is 11.5 Å². The number of carbonyl (C=O) groups is 1. The van der Waals surface area contributed by atoms with Crippen molar-refractivity contribution < 1.29 is 9.32 Å². The van der Waals surface area contributed by atoms with Crippen molar-refractivity contribution in [2.24, 2.45) is 0 Å². The van der Waals surface area contributed by atoms with E-state index < -0.39 is 0 Å². The average Bonchev–Trinajstić information content (AvgIpc) is 3.13. The molecule has 3 aromatic rings. The lowest BCUT2D eigenvalue weighted by Crippen LogP contribution is -2.34. The van der Waals surface area contributed by atoms with Gasteiger partial charge in [-0.25, -0.2) is 0 Å². The van der Waals surface area contributed by atoms with Crippen LogP contribution in [-0.2, 0) is 0 Å². The molecule has 0 aliphatic rings. The Morgan fingerprint density at radius 1 is 1.15 bits per heavy atom. The van der Waals surface area contributed by atoms with Gasteiger partial charge in [0.2, 0.25) is 0 Å². The Kier molecular flexibility index (Phi) is 5.85. The van der Waals surface area contributed by atoms with Crippen LogP contribution in [0.15, 0.2) is 69.7 Å². The number of aromatic nitrogens is 1. The highest BCUT2D eigenvalue weighted by Gasteiger charge is 2.18. The maximum absolute atomic E-state index is 12.4. The maximum atomic E-state index is 12.4. The minimum atomic E-state index is -0.250. The minimum Gasteiger partial charge on any atom is -0.355 e. The molecule has 0 radical (unpaired) electrons. The van der Waals surface area contributed by atoms with Gasteiger partial charge in [-0.15, -0.1) is 0 Å². The van der Waals surface area contributed by atoms with Gasteiger partial charge in [-0.1, -0.05) is 63.6 Å². The Balaban J connectivity index is 1.67. The van der Waals surface area contributed by atoms with Gasteiger partial charge in [0.25, 0.3) is 5.91 Å². The lowest BCUT2D eigenvalue weighted by molar-refractivity contribution is 0.0933. The van der Waals surface area contributed by atoms with Gasteiger partial charge in [-0.3, -0.25) is 4.79 Å². The molecule has 6 heteroatoms. The Labute approximate surface area is 161 Å². The number of hydrogen-bond acceptors (Lipinski definition) is 4. The number of nitrogens with zero attached hydrogens (tertiary/aromatic N) is 2. The lowest BCUT2D eigenvalue weighted by Gasteiger charge is -2.24. The van der Waals surface area contributed by atoms with Gasteiger partial charge < -0.3 is 14.7 Å². The molecule has 0 saturated heterocycles. The molecule has 5 nitrogen and oxygen atoms in total. The summed E-state index contributed by atoms with van der Waals surface area (Å²) in [6.45, 7) is 0.482. The second kappa shape index (κ2) is 8.29. The van der Waals surface area contributed by atoms with E-state index in [1.54, 1.807) is 6.07 Å². The van der Waals surface area contributed by atoms with Crippen molar-refractivity contribution in [3.8, 4) is 11.3 Å². The van der Waals surface area contributed by atoms with E-state index in [1.165, 1.54) is 0 Å². The molecule has 1 heterocycles. The molecule has 0 bridgehead atoms. The molecule has 0 saturated carbocycles. The lowest BCUT2D eigenvalue weighted by atomic mass is 10.1. The molecule has 1 aromatic heterocycles. The first-order valence-corrected chi connectivity index (χ1v) is 9.06. The minimum absolute atomic E-state index is 0.0815. The van der Waals surface area contributed by atoms with E-state index in [9.17, 15) is 4.79 Å². The molecule has 1 N–H and O–H groups in total. The van der Waals surface area contributed by atoms with Gasteiger partial charge >= 0.3 is 0 Å². The molecule has 0 aliphatic heterocycles. The Morgan fingerprint density at radius 3 is 2.50 bits per heavy atom. The number of hydrogen-bond donors (Lipinski definition) is 1. The van der Waals surface area contributed by atoms with Crippen LogP contribution >= 0.6 is 15.9 Å². The topological polar surface area (TPSA) is 58.4 Å². The zero-order valence-electron chi connectivity index (χ0n) is 14.6. The van der Waals surface area contributed by atoms with Crippen LogP contribution in [0.3, 0.4) is 0 Å². The zero-order chi connectivity index (χ0) is 18.5. The number of halogens is 1. The maximum Gasteiger partial charge on any atom is 0.273 e. The molecule has 134 valence electrons. The number of carbonyl (C=O) groups excluding carboxylic acids is 1. The summed E-state index contributed by atoms with van der Waals surface area (Å²) in [4.78, 5) is 14.5. The highest BCUT2D eigenvalue weighted by molar-refractivity contribution is 9.10. The molecule has 0 aliphatic carbocycles. The SMILES string of the molecule is CN(C)C(CNC(=O)c1cc(-c2ccc(Br)cc2)on1)c1ccccc1. The van der Waals surface area contributed by atoms with Crippen molar-refractivity contribution in [3.63, 3.8) is 0 Å². The van der Waals surface area contributed by atoms with E-state index in [0.717, 1.165) is 15.6 Å². The smallest absolute Gasteiger partial charge is 0.273 e. The first kappa shape index (κ1) is 18.4. The van der Waals surface area contributed by atoms with Crippen molar-refractivity contribution in [1.29, 1.82) is 0 Å². The van der Waals surface area contributed by atoms with Crippen LogP contribution in [0.5, 0.6) is 0 Å². The predicted octanol–water partition coefficient (Wildman–Crippen LogP) is 4.14. The number of nitrogens with one attached hydrogen (secondary N) is 1. The first-order valence-electron chi connectivity index (χ1n) is 8.27. The zero-order valence-corrected chi connectivity index (χ0v) is 16.2. The Morgan fingerprint density at radius 2 is 1.85 bits per heavy atom. The van der Waals surface area contributed by atoms with Crippen molar-refractivity contribution in [1.82, 2.24) is 15.4 Å². The van der Waals surface area contributed by atoms with Crippen molar-refractivity contribution in [2.75, 3.05) is 20.6 Å². The second-order valence-corrected chi connectivity index (χ2v) is 7.10. The number of likely N-dealkylation sites (N-methyl/N-ethyl adjacent to an activating group) is 1. The first-order chi connectivity index (χ1) is 12.5. The van der Waals surface area contributed by atoms with Gasteiger partial charge in [-0.05, 0) is 31.8 Å². The fraction of sp³-hybridized carbons (Fsp3) is 0.200. The number of amides is 1. The summed E-state index contributed by atoms with van der Waals surface area (Å²) in [6, 6.07) is 19.5. The third-order valence-electron chi connectivity index (χ3n) is 4.14. The Bertz CT molecular complexity index is 860. The van der Waals surface area contributed by atoms with Gasteiger partial charge in [-0.2, -0.15) is 0 Å². The third kappa shape index (κ3) is 4.39. The van der Waals surface area contributed by atoms with Crippen LogP contribution in [0.4, 0.5) is 0 Å². The van der Waals surface area contributed by atoms with Gasteiger partial charge in [0.1, 0.15) is 0 Å². The summed E-state index contributed by atoms with van der Waals surface area (Å²) in [7, 11) is 3.98. The fourth-order valence-electron chi connectivity index (χ4n) is 2.69. The van der Waals surface area contributed by atoms with Crippen molar-refractivity contribution in [2.45, 2.75) is 6.04 Å². The van der Waals surface area contributed by atoms with Crippen molar-refractivity contribution >= 4 is 21.8 Å². The molecule has 2 aromatic carbocycles. The van der Waals surface area contributed by atoms with Gasteiger partial charge in [0, 0.05) is 22.6 Å². The summed E-state index contributed by atoms with van der Waals surface area (Å²) in [5.74, 6) is 0.315. The standard InChI is InChI=1S/C20H20BrN3O2/c1-24(2)18(14-6-4-3-5-7-14)13-22-20(25)17-12-19(26-23-17)15-8-10-16(21)11-9-15/h3-12,18H,13H2,1-2H3,(H,22,25). The van der Waals surface area contributed by atoms with E-state index in [1.807, 2.05) is 56.6 Å². The summed E-state index contributed by atoms with van der Waals surface area (Å²) in [6.07, 6.45) is 0. The Hall–Kier alpha value is -2.44.